The normalized spacial score (nSPS) is 16.2. The fraction of sp³-hybridized carbons (Fsp3) is 0.619. The van der Waals surface area contributed by atoms with Crippen LogP contribution in [0.1, 0.15) is 89.6 Å². The number of carbonyl (C=O) groups is 2. The molecule has 2 aliphatic rings. The van der Waals surface area contributed by atoms with Crippen molar-refractivity contribution in [3.8, 4) is 10.0 Å². The van der Waals surface area contributed by atoms with Gasteiger partial charge in [-0.05, 0) is 57.3 Å². The number of carbonyl (C=O) groups excluding carboxylic acids is 2. The number of unbranched alkanes of at least 4 members (excludes halogenated alkanes) is 2. The van der Waals surface area contributed by atoms with Crippen LogP contribution in [0, 0.1) is 0 Å². The average Bonchev–Trinajstić information content (AvgIpc) is 3.30. The zero-order chi connectivity index (χ0) is 19.5. The summed E-state index contributed by atoms with van der Waals surface area (Å²) < 4.78 is 0. The first-order valence-electron chi connectivity index (χ1n) is 10.3. The van der Waals surface area contributed by atoms with Crippen molar-refractivity contribution in [3.05, 3.63) is 21.1 Å². The van der Waals surface area contributed by atoms with Crippen LogP contribution in [0.2, 0.25) is 0 Å². The molecule has 4 rings (SSSR count). The molecule has 0 atom stereocenters. The van der Waals surface area contributed by atoms with Gasteiger partial charge in [0.15, 0.2) is 21.6 Å². The van der Waals surface area contributed by atoms with E-state index in [9.17, 15) is 9.59 Å². The molecule has 2 heterocycles. The van der Waals surface area contributed by atoms with Crippen molar-refractivity contribution < 1.29 is 14.7 Å². The van der Waals surface area contributed by atoms with Crippen molar-refractivity contribution in [1.82, 2.24) is 9.97 Å². The maximum atomic E-state index is 12.8. The largest absolute Gasteiger partial charge is 0.389 e. The Morgan fingerprint density at radius 1 is 0.964 bits per heavy atom. The summed E-state index contributed by atoms with van der Waals surface area (Å²) in [7, 11) is 0. The van der Waals surface area contributed by atoms with Crippen LogP contribution in [-0.2, 0) is 17.6 Å². The highest BCUT2D eigenvalue weighted by Crippen LogP contribution is 2.47. The molecular weight excluding hydrogens is 392 g/mol. The predicted octanol–water partition coefficient (Wildman–Crippen LogP) is 4.72. The van der Waals surface area contributed by atoms with Crippen LogP contribution in [0.4, 0.5) is 0 Å². The minimum absolute atomic E-state index is 0.124. The van der Waals surface area contributed by atoms with Crippen molar-refractivity contribution in [3.63, 3.8) is 0 Å². The third kappa shape index (κ3) is 4.58. The summed E-state index contributed by atoms with van der Waals surface area (Å²) in [6.07, 6.45) is 10.1. The number of hydrogen-bond acceptors (Lipinski definition) is 7. The van der Waals surface area contributed by atoms with Crippen LogP contribution in [0.15, 0.2) is 0 Å². The number of aromatic nitrogens is 2. The van der Waals surface area contributed by atoms with Crippen molar-refractivity contribution in [2.45, 2.75) is 76.5 Å². The van der Waals surface area contributed by atoms with Gasteiger partial charge in [0.05, 0.1) is 5.69 Å². The number of nitrogens with zero attached hydrogens (tertiary/aromatic N) is 2. The van der Waals surface area contributed by atoms with E-state index in [2.05, 4.69) is 0 Å². The van der Waals surface area contributed by atoms with E-state index in [1.54, 1.807) is 22.7 Å². The summed E-state index contributed by atoms with van der Waals surface area (Å²) in [6.45, 7) is -0.383. The lowest BCUT2D eigenvalue weighted by molar-refractivity contribution is -0.121. The number of thiazole rings is 2. The topological polar surface area (TPSA) is 80.1 Å². The van der Waals surface area contributed by atoms with Gasteiger partial charge in [-0.3, -0.25) is 9.59 Å². The SMILES string of the molecule is O=C(CO)CCCCCC(=O)c1nc(-c2nc3c(s2)CCCC3)sc1C1CC1. The van der Waals surface area contributed by atoms with Crippen molar-refractivity contribution in [1.29, 1.82) is 0 Å². The van der Waals surface area contributed by atoms with E-state index in [1.165, 1.54) is 23.4 Å². The molecule has 2 aromatic heterocycles. The van der Waals surface area contributed by atoms with Gasteiger partial charge >= 0.3 is 0 Å². The summed E-state index contributed by atoms with van der Waals surface area (Å²) in [5.74, 6) is 0.499. The zero-order valence-electron chi connectivity index (χ0n) is 16.0. The Kier molecular flexibility index (Phi) is 6.33. The quantitative estimate of drug-likeness (QED) is 0.446. The van der Waals surface area contributed by atoms with E-state index < -0.39 is 0 Å². The number of aliphatic hydroxyl groups is 1. The molecule has 0 unspecified atom stereocenters. The molecule has 0 aromatic carbocycles. The molecule has 1 N–H and O–H groups in total. The van der Waals surface area contributed by atoms with Gasteiger partial charge in [0.1, 0.15) is 12.3 Å². The van der Waals surface area contributed by atoms with Crippen LogP contribution < -0.4 is 0 Å². The Morgan fingerprint density at radius 3 is 2.46 bits per heavy atom. The molecule has 2 aliphatic carbocycles. The lowest BCUT2D eigenvalue weighted by Crippen LogP contribution is -2.04. The Hall–Kier alpha value is -1.44. The maximum Gasteiger partial charge on any atom is 0.182 e. The van der Waals surface area contributed by atoms with Gasteiger partial charge in [-0.15, -0.1) is 22.7 Å². The van der Waals surface area contributed by atoms with Gasteiger partial charge in [0.2, 0.25) is 0 Å². The first-order chi connectivity index (χ1) is 13.7. The molecular formula is C21H26N2O3S2. The minimum Gasteiger partial charge on any atom is -0.389 e. The Labute approximate surface area is 173 Å². The Bertz CT molecular complexity index is 844. The van der Waals surface area contributed by atoms with Gasteiger partial charge < -0.3 is 5.11 Å². The van der Waals surface area contributed by atoms with Gasteiger partial charge in [0, 0.05) is 22.6 Å². The maximum absolute atomic E-state index is 12.8. The first-order valence-corrected chi connectivity index (χ1v) is 11.9. The molecule has 1 fully saturated rings. The number of hydrogen-bond donors (Lipinski definition) is 1. The number of ketones is 2. The number of aliphatic hydroxyl groups excluding tert-OH is 1. The summed E-state index contributed by atoms with van der Waals surface area (Å²) in [5.41, 5.74) is 1.90. The van der Waals surface area contributed by atoms with Crippen molar-refractivity contribution in [2.75, 3.05) is 6.61 Å². The standard InChI is InChI=1S/C21H26N2O3S2/c24-12-14(25)6-2-1-3-8-16(26)18-19(13-10-11-13)28-21(23-18)20-22-15-7-4-5-9-17(15)27-20/h13,24H,1-12H2. The van der Waals surface area contributed by atoms with Gasteiger partial charge in [-0.2, -0.15) is 0 Å². The highest BCUT2D eigenvalue weighted by atomic mass is 32.1. The second kappa shape index (κ2) is 8.93. The van der Waals surface area contributed by atoms with Crippen LogP contribution >= 0.6 is 22.7 Å². The highest BCUT2D eigenvalue weighted by molar-refractivity contribution is 7.21. The zero-order valence-corrected chi connectivity index (χ0v) is 17.7. The molecule has 0 radical (unpaired) electrons. The summed E-state index contributed by atoms with van der Waals surface area (Å²) >= 11 is 3.43. The van der Waals surface area contributed by atoms with E-state index in [0.29, 0.717) is 24.5 Å². The minimum atomic E-state index is -0.383. The molecule has 0 amide bonds. The lowest BCUT2D eigenvalue weighted by Gasteiger charge is -2.06. The second-order valence-electron chi connectivity index (χ2n) is 7.78. The fourth-order valence-corrected chi connectivity index (χ4v) is 6.09. The molecule has 5 nitrogen and oxygen atoms in total. The summed E-state index contributed by atoms with van der Waals surface area (Å²) in [6, 6.07) is 0. The van der Waals surface area contributed by atoms with E-state index in [4.69, 9.17) is 15.1 Å². The molecule has 150 valence electrons. The molecule has 28 heavy (non-hydrogen) atoms. The van der Waals surface area contributed by atoms with E-state index in [1.807, 2.05) is 0 Å². The Balaban J connectivity index is 1.42. The number of Topliss-reactive ketones (excluding diaryl/α,β-unsaturated/α-hetero) is 2. The molecule has 0 bridgehead atoms. The smallest absolute Gasteiger partial charge is 0.182 e. The molecule has 2 aromatic rings. The molecule has 1 saturated carbocycles. The van der Waals surface area contributed by atoms with Crippen LogP contribution in [0.25, 0.3) is 10.0 Å². The van der Waals surface area contributed by atoms with Crippen molar-refractivity contribution >= 4 is 34.2 Å². The molecule has 0 spiro atoms. The number of fused-ring (bicyclic) bond motifs is 1. The van der Waals surface area contributed by atoms with E-state index in [0.717, 1.165) is 59.8 Å². The fourth-order valence-electron chi connectivity index (χ4n) is 3.67. The van der Waals surface area contributed by atoms with Gasteiger partial charge in [-0.25, -0.2) is 9.97 Å². The monoisotopic (exact) mass is 418 g/mol. The van der Waals surface area contributed by atoms with Crippen LogP contribution in [0.5, 0.6) is 0 Å². The highest BCUT2D eigenvalue weighted by Gasteiger charge is 2.32. The molecule has 0 aliphatic heterocycles. The lowest BCUT2D eigenvalue weighted by atomic mass is 10.0. The summed E-state index contributed by atoms with van der Waals surface area (Å²) in [5, 5.41) is 10.7. The van der Waals surface area contributed by atoms with Crippen LogP contribution in [0.3, 0.4) is 0 Å². The molecule has 0 saturated heterocycles. The first kappa shape index (κ1) is 19.9. The number of rotatable bonds is 10. The van der Waals surface area contributed by atoms with Crippen molar-refractivity contribution in [2.24, 2.45) is 0 Å². The third-order valence-corrected chi connectivity index (χ3v) is 7.95. The predicted molar refractivity (Wildman–Crippen MR) is 111 cm³/mol. The van der Waals surface area contributed by atoms with E-state index >= 15 is 0 Å². The number of aryl methyl sites for hydroxylation is 2. The van der Waals surface area contributed by atoms with Gasteiger partial charge in [0.25, 0.3) is 0 Å². The molecule has 7 heteroatoms. The second-order valence-corrected chi connectivity index (χ2v) is 9.90. The van der Waals surface area contributed by atoms with Gasteiger partial charge in [-0.1, -0.05) is 6.42 Å². The Morgan fingerprint density at radius 2 is 1.71 bits per heavy atom. The van der Waals surface area contributed by atoms with Crippen LogP contribution in [-0.4, -0.2) is 33.2 Å². The summed E-state index contributed by atoms with van der Waals surface area (Å²) in [4.78, 5) is 36.1. The average molecular weight is 419 g/mol. The van der Waals surface area contributed by atoms with E-state index in [-0.39, 0.29) is 18.2 Å². The third-order valence-electron chi connectivity index (χ3n) is 5.43.